The molecule has 0 bridgehead atoms. The predicted molar refractivity (Wildman–Crippen MR) is 45.0 cm³/mol. The summed E-state index contributed by atoms with van der Waals surface area (Å²) in [5.74, 6) is 0. The van der Waals surface area contributed by atoms with Crippen molar-refractivity contribution >= 4 is 0 Å². The molecule has 0 amide bonds. The van der Waals surface area contributed by atoms with E-state index in [1.165, 1.54) is 12.8 Å². The minimum Gasteiger partial charge on any atom is -0.316 e. The van der Waals surface area contributed by atoms with Gasteiger partial charge in [-0.25, -0.2) is 5.11 Å². The summed E-state index contributed by atoms with van der Waals surface area (Å²) in [6.07, 6.45) is 4.51. The van der Waals surface area contributed by atoms with Crippen LogP contribution in [0.4, 0.5) is 0 Å². The monoisotopic (exact) mass is 156 g/mol. The molecular weight excluding hydrogens is 138 g/mol. The average Bonchev–Trinajstić information content (AvgIpc) is 2.03. The second kappa shape index (κ2) is 4.07. The SMILES string of the molecule is CC1(CCC[O])CCCNC1. The van der Waals surface area contributed by atoms with Crippen LogP contribution in [0.2, 0.25) is 0 Å². The average molecular weight is 156 g/mol. The molecule has 11 heavy (non-hydrogen) atoms. The second-order valence-electron chi connectivity index (χ2n) is 3.90. The van der Waals surface area contributed by atoms with E-state index in [1.807, 2.05) is 0 Å². The van der Waals surface area contributed by atoms with Crippen LogP contribution in [0.25, 0.3) is 0 Å². The Bertz CT molecular complexity index is 108. The van der Waals surface area contributed by atoms with Crippen LogP contribution in [0.5, 0.6) is 0 Å². The third kappa shape index (κ3) is 2.80. The summed E-state index contributed by atoms with van der Waals surface area (Å²) in [6, 6.07) is 0. The van der Waals surface area contributed by atoms with Gasteiger partial charge in [-0.3, -0.25) is 0 Å². The maximum Gasteiger partial charge on any atom is 0.0822 e. The van der Waals surface area contributed by atoms with Crippen molar-refractivity contribution in [3.05, 3.63) is 0 Å². The fourth-order valence-electron chi connectivity index (χ4n) is 1.83. The number of hydrogen-bond acceptors (Lipinski definition) is 1. The quantitative estimate of drug-likeness (QED) is 0.661. The molecule has 1 saturated heterocycles. The normalized spacial score (nSPS) is 32.2. The van der Waals surface area contributed by atoms with E-state index >= 15 is 0 Å². The Kier molecular flexibility index (Phi) is 3.34. The molecule has 65 valence electrons. The molecule has 1 rings (SSSR count). The van der Waals surface area contributed by atoms with Crippen molar-refractivity contribution in [1.29, 1.82) is 0 Å². The minimum absolute atomic E-state index is 0.0928. The van der Waals surface area contributed by atoms with Crippen molar-refractivity contribution in [1.82, 2.24) is 5.32 Å². The lowest BCUT2D eigenvalue weighted by molar-refractivity contribution is 0.149. The maximum atomic E-state index is 10.3. The Morgan fingerprint density at radius 3 is 2.91 bits per heavy atom. The van der Waals surface area contributed by atoms with Crippen LogP contribution >= 0.6 is 0 Å². The summed E-state index contributed by atoms with van der Waals surface area (Å²) in [6.45, 7) is 4.64. The van der Waals surface area contributed by atoms with Gasteiger partial charge in [0.05, 0.1) is 6.61 Å². The molecule has 1 unspecified atom stereocenters. The van der Waals surface area contributed by atoms with Crippen molar-refractivity contribution < 1.29 is 5.11 Å². The molecule has 1 atom stereocenters. The lowest BCUT2D eigenvalue weighted by Crippen LogP contribution is -2.37. The van der Waals surface area contributed by atoms with E-state index in [0.29, 0.717) is 5.41 Å². The topological polar surface area (TPSA) is 31.9 Å². The third-order valence-corrected chi connectivity index (χ3v) is 2.61. The molecule has 1 N–H and O–H groups in total. The minimum atomic E-state index is 0.0928. The molecule has 1 fully saturated rings. The van der Waals surface area contributed by atoms with Crippen molar-refractivity contribution in [3.8, 4) is 0 Å². The van der Waals surface area contributed by atoms with Gasteiger partial charge in [-0.2, -0.15) is 0 Å². The number of piperidine rings is 1. The van der Waals surface area contributed by atoms with Crippen molar-refractivity contribution in [2.45, 2.75) is 32.6 Å². The zero-order valence-corrected chi connectivity index (χ0v) is 7.36. The van der Waals surface area contributed by atoms with E-state index in [-0.39, 0.29) is 6.61 Å². The Labute approximate surface area is 69.0 Å². The van der Waals surface area contributed by atoms with Crippen LogP contribution < -0.4 is 5.32 Å². The molecular formula is C9H18NO. The maximum absolute atomic E-state index is 10.3. The van der Waals surface area contributed by atoms with Gasteiger partial charge in [-0.1, -0.05) is 6.92 Å². The molecule has 0 aliphatic carbocycles. The smallest absolute Gasteiger partial charge is 0.0822 e. The van der Waals surface area contributed by atoms with Gasteiger partial charge in [0.1, 0.15) is 0 Å². The van der Waals surface area contributed by atoms with Gasteiger partial charge in [0.15, 0.2) is 0 Å². The highest BCUT2D eigenvalue weighted by atomic mass is 16.2. The van der Waals surface area contributed by atoms with Crippen molar-refractivity contribution in [2.75, 3.05) is 19.7 Å². The Hall–Kier alpha value is -0.0800. The van der Waals surface area contributed by atoms with Crippen LogP contribution in [0, 0.1) is 5.41 Å². The lowest BCUT2D eigenvalue weighted by atomic mass is 9.79. The summed E-state index contributed by atoms with van der Waals surface area (Å²) in [4.78, 5) is 0. The Balaban J connectivity index is 2.25. The molecule has 2 nitrogen and oxygen atoms in total. The van der Waals surface area contributed by atoms with Gasteiger partial charge in [0.25, 0.3) is 0 Å². The van der Waals surface area contributed by atoms with Crippen molar-refractivity contribution in [2.24, 2.45) is 5.41 Å². The molecule has 0 spiro atoms. The first-order valence-corrected chi connectivity index (χ1v) is 4.56. The van der Waals surface area contributed by atoms with E-state index < -0.39 is 0 Å². The predicted octanol–water partition coefficient (Wildman–Crippen LogP) is 1.59. The summed E-state index contributed by atoms with van der Waals surface area (Å²) in [7, 11) is 0. The van der Waals surface area contributed by atoms with Gasteiger partial charge in [-0.05, 0) is 37.6 Å². The van der Waals surface area contributed by atoms with Crippen LogP contribution in [-0.4, -0.2) is 19.7 Å². The van der Waals surface area contributed by atoms with Gasteiger partial charge in [-0.15, -0.1) is 0 Å². The first-order valence-electron chi connectivity index (χ1n) is 4.56. The summed E-state index contributed by atoms with van der Waals surface area (Å²) >= 11 is 0. The molecule has 0 aromatic carbocycles. The van der Waals surface area contributed by atoms with Crippen molar-refractivity contribution in [3.63, 3.8) is 0 Å². The summed E-state index contributed by atoms with van der Waals surface area (Å²) < 4.78 is 0. The Morgan fingerprint density at radius 1 is 1.55 bits per heavy atom. The van der Waals surface area contributed by atoms with Crippen LogP contribution in [0.3, 0.4) is 0 Å². The van der Waals surface area contributed by atoms with Gasteiger partial charge in [0.2, 0.25) is 0 Å². The van der Waals surface area contributed by atoms with Gasteiger partial charge in [0, 0.05) is 6.54 Å². The summed E-state index contributed by atoms with van der Waals surface area (Å²) in [5.41, 5.74) is 0.419. The number of hydrogen-bond donors (Lipinski definition) is 1. The highest BCUT2D eigenvalue weighted by Crippen LogP contribution is 2.30. The third-order valence-electron chi connectivity index (χ3n) is 2.61. The fourth-order valence-corrected chi connectivity index (χ4v) is 1.83. The zero-order chi connectivity index (χ0) is 8.16. The number of rotatable bonds is 3. The van der Waals surface area contributed by atoms with E-state index in [4.69, 9.17) is 0 Å². The first kappa shape index (κ1) is 9.01. The molecule has 1 aliphatic rings. The zero-order valence-electron chi connectivity index (χ0n) is 7.36. The van der Waals surface area contributed by atoms with Crippen LogP contribution in [0.1, 0.15) is 32.6 Å². The first-order chi connectivity index (χ1) is 5.27. The molecule has 1 heterocycles. The fraction of sp³-hybridized carbons (Fsp3) is 1.00. The molecule has 2 heteroatoms. The van der Waals surface area contributed by atoms with Crippen LogP contribution in [0.15, 0.2) is 0 Å². The summed E-state index contributed by atoms with van der Waals surface area (Å²) in [5, 5.41) is 13.7. The molecule has 1 aliphatic heterocycles. The highest BCUT2D eigenvalue weighted by molar-refractivity contribution is 4.80. The molecule has 0 saturated carbocycles. The van der Waals surface area contributed by atoms with Gasteiger partial charge >= 0.3 is 0 Å². The standard InChI is InChI=1S/C9H18NO/c1-9(5-3-7-11)4-2-6-10-8-9/h10H,2-8H2,1H3. The Morgan fingerprint density at radius 2 is 2.36 bits per heavy atom. The van der Waals surface area contributed by atoms with Crippen LogP contribution in [-0.2, 0) is 5.11 Å². The largest absolute Gasteiger partial charge is 0.316 e. The highest BCUT2D eigenvalue weighted by Gasteiger charge is 2.25. The molecule has 0 aromatic heterocycles. The van der Waals surface area contributed by atoms with E-state index in [9.17, 15) is 5.11 Å². The lowest BCUT2D eigenvalue weighted by Gasteiger charge is -2.33. The molecule has 0 aromatic rings. The number of nitrogens with one attached hydrogen (secondary N) is 1. The van der Waals surface area contributed by atoms with Gasteiger partial charge < -0.3 is 5.32 Å². The molecule has 1 radical (unpaired) electrons. The van der Waals surface area contributed by atoms with E-state index in [2.05, 4.69) is 12.2 Å². The second-order valence-corrected chi connectivity index (χ2v) is 3.90. The van der Waals surface area contributed by atoms with E-state index in [0.717, 1.165) is 25.9 Å². The van der Waals surface area contributed by atoms with E-state index in [1.54, 1.807) is 0 Å².